The smallest absolute Gasteiger partial charge is 0.193 e. The Hall–Kier alpha value is -3.27. The second kappa shape index (κ2) is 7.66. The Balaban J connectivity index is 0.000000229. The fraction of sp³-hybridized carbons (Fsp3) is 0. The summed E-state index contributed by atoms with van der Waals surface area (Å²) in [7, 11) is 0. The van der Waals surface area contributed by atoms with E-state index in [1.54, 1.807) is 24.3 Å². The van der Waals surface area contributed by atoms with Crippen molar-refractivity contribution in [1.82, 2.24) is 0 Å². The molecule has 0 aliphatic carbocycles. The van der Waals surface area contributed by atoms with Crippen LogP contribution in [0.3, 0.4) is 0 Å². The lowest BCUT2D eigenvalue weighted by Gasteiger charge is -2.01. The van der Waals surface area contributed by atoms with Crippen molar-refractivity contribution < 1.29 is 15.0 Å². The number of carbonyl (C=O) groups excluding carboxylic acids is 1. The number of benzene rings is 3. The topological polar surface area (TPSA) is 83.6 Å². The molecule has 0 aromatic heterocycles. The highest BCUT2D eigenvalue weighted by Gasteiger charge is 2.08. The van der Waals surface area contributed by atoms with Crippen molar-refractivity contribution in [1.29, 1.82) is 0 Å². The Kier molecular flexibility index (Phi) is 5.36. The Morgan fingerprint density at radius 3 is 1.35 bits per heavy atom. The van der Waals surface area contributed by atoms with Gasteiger partial charge in [-0.15, -0.1) is 0 Å². The van der Waals surface area contributed by atoms with Crippen LogP contribution in [0.5, 0.6) is 11.5 Å². The average Bonchev–Trinajstić information content (AvgIpc) is 2.57. The van der Waals surface area contributed by atoms with Crippen LogP contribution in [0.2, 0.25) is 0 Å². The van der Waals surface area contributed by atoms with E-state index in [0.717, 1.165) is 5.69 Å². The SMILES string of the molecule is Nc1ccccc1.O=C(c1ccc(O)cc1)c1ccc(O)cc1. The van der Waals surface area contributed by atoms with Crippen LogP contribution in [0.4, 0.5) is 5.69 Å². The number of para-hydroxylation sites is 1. The Bertz CT molecular complexity index is 703. The Morgan fingerprint density at radius 1 is 0.652 bits per heavy atom. The number of ketones is 1. The molecule has 3 aromatic rings. The van der Waals surface area contributed by atoms with E-state index < -0.39 is 0 Å². The van der Waals surface area contributed by atoms with Crippen molar-refractivity contribution in [2.45, 2.75) is 0 Å². The molecule has 3 rings (SSSR count). The van der Waals surface area contributed by atoms with E-state index in [-0.39, 0.29) is 17.3 Å². The molecular formula is C19H17NO3. The fourth-order valence-electron chi connectivity index (χ4n) is 1.85. The molecule has 4 N–H and O–H groups in total. The fourth-order valence-corrected chi connectivity index (χ4v) is 1.85. The lowest BCUT2D eigenvalue weighted by atomic mass is 10.0. The normalized spacial score (nSPS) is 9.57. The molecule has 0 aliphatic heterocycles. The van der Waals surface area contributed by atoms with Gasteiger partial charge in [0.2, 0.25) is 0 Å². The molecule has 23 heavy (non-hydrogen) atoms. The van der Waals surface area contributed by atoms with Gasteiger partial charge in [0.05, 0.1) is 0 Å². The summed E-state index contributed by atoms with van der Waals surface area (Å²) in [6.07, 6.45) is 0. The van der Waals surface area contributed by atoms with Gasteiger partial charge in [-0.05, 0) is 60.7 Å². The van der Waals surface area contributed by atoms with E-state index in [1.807, 2.05) is 30.3 Å². The van der Waals surface area contributed by atoms with Gasteiger partial charge in [-0.25, -0.2) is 0 Å². The third-order valence-electron chi connectivity index (χ3n) is 3.06. The standard InChI is InChI=1S/C13H10O3.C6H7N/c14-11-5-1-9(2-6-11)13(16)10-3-7-12(15)8-4-10;7-6-4-2-1-3-5-6/h1-8,14-15H;1-5H,7H2. The summed E-state index contributed by atoms with van der Waals surface area (Å²) in [5, 5.41) is 18.2. The molecule has 0 saturated heterocycles. The summed E-state index contributed by atoms with van der Waals surface area (Å²) in [5.74, 6) is 0.115. The molecule has 0 amide bonds. The van der Waals surface area contributed by atoms with E-state index in [0.29, 0.717) is 11.1 Å². The zero-order chi connectivity index (χ0) is 16.7. The number of hydrogen-bond donors (Lipinski definition) is 3. The predicted octanol–water partition coefficient (Wildman–Crippen LogP) is 3.60. The number of nitrogen functional groups attached to an aromatic ring is 1. The van der Waals surface area contributed by atoms with Gasteiger partial charge in [0, 0.05) is 16.8 Å². The van der Waals surface area contributed by atoms with Gasteiger partial charge in [-0.2, -0.15) is 0 Å². The number of nitrogens with two attached hydrogens (primary N) is 1. The summed E-state index contributed by atoms with van der Waals surface area (Å²) in [6, 6.07) is 21.6. The first-order chi connectivity index (χ1) is 11.1. The number of anilines is 1. The molecule has 0 radical (unpaired) electrons. The van der Waals surface area contributed by atoms with E-state index >= 15 is 0 Å². The van der Waals surface area contributed by atoms with Crippen molar-refractivity contribution in [2.75, 3.05) is 5.73 Å². The van der Waals surface area contributed by atoms with Crippen molar-refractivity contribution >= 4 is 11.5 Å². The van der Waals surface area contributed by atoms with Crippen LogP contribution < -0.4 is 5.73 Å². The largest absolute Gasteiger partial charge is 0.508 e. The molecule has 0 heterocycles. The lowest BCUT2D eigenvalue weighted by molar-refractivity contribution is 0.103. The zero-order valence-electron chi connectivity index (χ0n) is 12.4. The van der Waals surface area contributed by atoms with Crippen molar-refractivity contribution in [3.8, 4) is 11.5 Å². The molecule has 3 aromatic carbocycles. The minimum Gasteiger partial charge on any atom is -0.508 e. The number of carbonyl (C=O) groups is 1. The highest BCUT2D eigenvalue weighted by Crippen LogP contribution is 2.16. The highest BCUT2D eigenvalue weighted by atomic mass is 16.3. The summed E-state index contributed by atoms with van der Waals surface area (Å²) in [4.78, 5) is 11.9. The third-order valence-corrected chi connectivity index (χ3v) is 3.06. The Labute approximate surface area is 134 Å². The van der Waals surface area contributed by atoms with Gasteiger partial charge < -0.3 is 15.9 Å². The van der Waals surface area contributed by atoms with Gasteiger partial charge >= 0.3 is 0 Å². The van der Waals surface area contributed by atoms with Gasteiger partial charge in [0.1, 0.15) is 11.5 Å². The second-order valence-corrected chi connectivity index (χ2v) is 4.83. The molecule has 0 saturated carbocycles. The maximum Gasteiger partial charge on any atom is 0.193 e. The van der Waals surface area contributed by atoms with Gasteiger partial charge in [-0.1, -0.05) is 18.2 Å². The van der Waals surface area contributed by atoms with Crippen molar-refractivity contribution in [3.05, 3.63) is 90.0 Å². The zero-order valence-corrected chi connectivity index (χ0v) is 12.4. The van der Waals surface area contributed by atoms with Crippen LogP contribution in [0.1, 0.15) is 15.9 Å². The molecule has 0 unspecified atom stereocenters. The number of phenolic OH excluding ortho intramolecular Hbond substituents is 2. The average molecular weight is 307 g/mol. The van der Waals surface area contributed by atoms with Gasteiger partial charge in [0.15, 0.2) is 5.78 Å². The predicted molar refractivity (Wildman–Crippen MR) is 90.5 cm³/mol. The summed E-state index contributed by atoms with van der Waals surface area (Å²) in [6.45, 7) is 0. The first kappa shape index (κ1) is 16.1. The van der Waals surface area contributed by atoms with E-state index in [4.69, 9.17) is 15.9 Å². The molecule has 4 heteroatoms. The molecule has 0 fully saturated rings. The van der Waals surface area contributed by atoms with E-state index in [9.17, 15) is 4.79 Å². The van der Waals surface area contributed by atoms with Crippen LogP contribution in [0, 0.1) is 0 Å². The van der Waals surface area contributed by atoms with Crippen LogP contribution in [-0.2, 0) is 0 Å². The molecule has 0 spiro atoms. The molecule has 4 nitrogen and oxygen atoms in total. The van der Waals surface area contributed by atoms with Crippen LogP contribution >= 0.6 is 0 Å². The van der Waals surface area contributed by atoms with E-state index in [1.165, 1.54) is 24.3 Å². The van der Waals surface area contributed by atoms with Gasteiger partial charge in [0.25, 0.3) is 0 Å². The summed E-state index contributed by atoms with van der Waals surface area (Å²) < 4.78 is 0. The van der Waals surface area contributed by atoms with E-state index in [2.05, 4.69) is 0 Å². The number of rotatable bonds is 2. The molecular weight excluding hydrogens is 290 g/mol. The highest BCUT2D eigenvalue weighted by molar-refractivity contribution is 6.09. The van der Waals surface area contributed by atoms with Gasteiger partial charge in [-0.3, -0.25) is 4.79 Å². The third kappa shape index (κ3) is 4.89. The minimum absolute atomic E-state index is 0.127. The monoisotopic (exact) mass is 307 g/mol. The number of phenols is 2. The molecule has 0 aliphatic rings. The first-order valence-electron chi connectivity index (χ1n) is 6.99. The summed E-state index contributed by atoms with van der Waals surface area (Å²) >= 11 is 0. The molecule has 0 atom stereocenters. The summed E-state index contributed by atoms with van der Waals surface area (Å²) in [5.41, 5.74) is 7.19. The molecule has 116 valence electrons. The quantitative estimate of drug-likeness (QED) is 0.499. The minimum atomic E-state index is -0.139. The van der Waals surface area contributed by atoms with Crippen LogP contribution in [0.25, 0.3) is 0 Å². The molecule has 0 bridgehead atoms. The number of aromatic hydroxyl groups is 2. The van der Waals surface area contributed by atoms with Crippen molar-refractivity contribution in [2.24, 2.45) is 0 Å². The maximum atomic E-state index is 11.9. The second-order valence-electron chi connectivity index (χ2n) is 4.83. The van der Waals surface area contributed by atoms with Crippen LogP contribution in [0.15, 0.2) is 78.9 Å². The first-order valence-corrected chi connectivity index (χ1v) is 6.99. The lowest BCUT2D eigenvalue weighted by Crippen LogP contribution is -2.00. The Morgan fingerprint density at radius 2 is 1.04 bits per heavy atom. The number of hydrogen-bond acceptors (Lipinski definition) is 4. The van der Waals surface area contributed by atoms with Crippen LogP contribution in [-0.4, -0.2) is 16.0 Å². The van der Waals surface area contributed by atoms with Crippen molar-refractivity contribution in [3.63, 3.8) is 0 Å². The maximum absolute atomic E-state index is 11.9.